The summed E-state index contributed by atoms with van der Waals surface area (Å²) in [5.74, 6) is -0.346. The van der Waals surface area contributed by atoms with Gasteiger partial charge in [0.1, 0.15) is 15.1 Å². The van der Waals surface area contributed by atoms with Gasteiger partial charge in [-0.15, -0.1) is 11.3 Å². The maximum atomic E-state index is 11.2. The summed E-state index contributed by atoms with van der Waals surface area (Å²) in [6.07, 6.45) is 0.403. The van der Waals surface area contributed by atoms with Gasteiger partial charge in [-0.2, -0.15) is 0 Å². The van der Waals surface area contributed by atoms with Crippen molar-refractivity contribution in [3.63, 3.8) is 0 Å². The first-order valence-corrected chi connectivity index (χ1v) is 5.78. The van der Waals surface area contributed by atoms with Crippen molar-refractivity contribution in [2.24, 2.45) is 0 Å². The van der Waals surface area contributed by atoms with Gasteiger partial charge < -0.3 is 14.3 Å². The minimum atomic E-state index is -1.04. The van der Waals surface area contributed by atoms with Gasteiger partial charge >= 0.3 is 5.97 Å². The van der Waals surface area contributed by atoms with Crippen LogP contribution >= 0.6 is 22.9 Å². The lowest BCUT2D eigenvalue weighted by Gasteiger charge is -2.02. The summed E-state index contributed by atoms with van der Waals surface area (Å²) in [6, 6.07) is 2.92. The van der Waals surface area contributed by atoms with Crippen LogP contribution in [0.2, 0.25) is 4.34 Å². The molecule has 7 heteroatoms. The van der Waals surface area contributed by atoms with Gasteiger partial charge in [0, 0.05) is 0 Å². The fourth-order valence-electron chi connectivity index (χ4n) is 1.23. The molecule has 0 fully saturated rings. The number of aliphatic hydroxyl groups excluding tert-OH is 1. The van der Waals surface area contributed by atoms with Crippen molar-refractivity contribution in [2.75, 3.05) is 7.11 Å². The number of aromatic nitrogens is 1. The number of esters is 1. The normalized spacial score (nSPS) is 12.4. The number of furan rings is 1. The van der Waals surface area contributed by atoms with Gasteiger partial charge in [0.05, 0.1) is 13.3 Å². The summed E-state index contributed by atoms with van der Waals surface area (Å²) in [4.78, 5) is 15.1. The maximum Gasteiger partial charge on any atom is 0.373 e. The van der Waals surface area contributed by atoms with Crippen LogP contribution < -0.4 is 0 Å². The molecule has 0 aliphatic heterocycles. The van der Waals surface area contributed by atoms with Crippen molar-refractivity contribution in [1.29, 1.82) is 0 Å². The Morgan fingerprint density at radius 1 is 1.65 bits per heavy atom. The lowest BCUT2D eigenvalue weighted by atomic mass is 10.3. The van der Waals surface area contributed by atoms with Gasteiger partial charge in [-0.3, -0.25) is 0 Å². The summed E-state index contributed by atoms with van der Waals surface area (Å²) in [7, 11) is 1.25. The minimum Gasteiger partial charge on any atom is -0.463 e. The number of carbonyl (C=O) groups is 1. The van der Waals surface area contributed by atoms with Crippen molar-refractivity contribution in [3.8, 4) is 0 Å². The van der Waals surface area contributed by atoms with Crippen molar-refractivity contribution in [2.45, 2.75) is 6.10 Å². The molecule has 90 valence electrons. The summed E-state index contributed by atoms with van der Waals surface area (Å²) >= 11 is 6.85. The second-order valence-electron chi connectivity index (χ2n) is 3.10. The third-order valence-corrected chi connectivity index (χ3v) is 3.18. The molecule has 0 aliphatic rings. The van der Waals surface area contributed by atoms with Crippen LogP contribution in [0, 0.1) is 0 Å². The molecule has 2 aromatic rings. The molecule has 0 radical (unpaired) electrons. The first-order valence-electron chi connectivity index (χ1n) is 4.59. The Balaban J connectivity index is 2.23. The molecule has 1 unspecified atom stereocenters. The number of rotatable bonds is 3. The first-order chi connectivity index (χ1) is 8.11. The fraction of sp³-hybridized carbons (Fsp3) is 0.200. The zero-order valence-corrected chi connectivity index (χ0v) is 10.3. The third-order valence-electron chi connectivity index (χ3n) is 2.01. The molecule has 0 aromatic carbocycles. The molecular weight excluding hydrogens is 266 g/mol. The summed E-state index contributed by atoms with van der Waals surface area (Å²) in [5, 5.41) is 10.3. The Labute approximate surface area is 106 Å². The van der Waals surface area contributed by atoms with Crippen molar-refractivity contribution >= 4 is 28.9 Å². The minimum absolute atomic E-state index is 0.0317. The van der Waals surface area contributed by atoms with Crippen LogP contribution in [0.15, 0.2) is 22.7 Å². The van der Waals surface area contributed by atoms with Gasteiger partial charge in [-0.1, -0.05) is 11.6 Å². The monoisotopic (exact) mass is 273 g/mol. The van der Waals surface area contributed by atoms with Gasteiger partial charge in [0.2, 0.25) is 5.76 Å². The number of halogens is 1. The Morgan fingerprint density at radius 2 is 2.41 bits per heavy atom. The zero-order chi connectivity index (χ0) is 12.4. The molecule has 0 saturated carbocycles. The van der Waals surface area contributed by atoms with Gasteiger partial charge in [0.25, 0.3) is 0 Å². The van der Waals surface area contributed by atoms with Crippen LogP contribution in [0.4, 0.5) is 0 Å². The molecule has 0 bridgehead atoms. The van der Waals surface area contributed by atoms with Gasteiger partial charge in [-0.25, -0.2) is 9.78 Å². The number of nitrogens with zero attached hydrogens (tertiary/aromatic N) is 1. The molecular formula is C10H8ClNO4S. The Kier molecular flexibility index (Phi) is 3.46. The second kappa shape index (κ2) is 4.87. The third kappa shape index (κ3) is 2.49. The number of ether oxygens (including phenoxy) is 1. The van der Waals surface area contributed by atoms with E-state index < -0.39 is 12.1 Å². The summed E-state index contributed by atoms with van der Waals surface area (Å²) in [6.45, 7) is 0. The summed E-state index contributed by atoms with van der Waals surface area (Å²) in [5.41, 5.74) is 0. The lowest BCUT2D eigenvalue weighted by molar-refractivity contribution is 0.0558. The largest absolute Gasteiger partial charge is 0.463 e. The summed E-state index contributed by atoms with van der Waals surface area (Å²) < 4.78 is 10.1. The van der Waals surface area contributed by atoms with E-state index >= 15 is 0 Å². The number of carbonyl (C=O) groups excluding carboxylic acids is 1. The Morgan fingerprint density at radius 3 is 3.00 bits per heavy atom. The van der Waals surface area contributed by atoms with E-state index in [1.54, 1.807) is 0 Å². The van der Waals surface area contributed by atoms with Crippen LogP contribution in [0.3, 0.4) is 0 Å². The van der Waals surface area contributed by atoms with E-state index in [0.717, 1.165) is 11.3 Å². The second-order valence-corrected chi connectivity index (χ2v) is 4.79. The molecule has 2 heterocycles. The van der Waals surface area contributed by atoms with Crippen molar-refractivity contribution < 1.29 is 19.1 Å². The molecule has 2 aromatic heterocycles. The first kappa shape index (κ1) is 12.1. The highest BCUT2D eigenvalue weighted by Gasteiger charge is 2.20. The van der Waals surface area contributed by atoms with Crippen molar-refractivity contribution in [3.05, 3.63) is 39.2 Å². The van der Waals surface area contributed by atoms with E-state index in [4.69, 9.17) is 16.0 Å². The van der Waals surface area contributed by atoms with Crippen LogP contribution in [0.1, 0.15) is 27.4 Å². The Bertz CT molecular complexity index is 536. The van der Waals surface area contributed by atoms with Gasteiger partial charge in [0.15, 0.2) is 6.10 Å². The van der Waals surface area contributed by atoms with E-state index in [0.29, 0.717) is 9.34 Å². The van der Waals surface area contributed by atoms with E-state index in [1.165, 1.54) is 25.4 Å². The molecule has 0 aliphatic carbocycles. The molecule has 0 amide bonds. The topological polar surface area (TPSA) is 72.6 Å². The highest BCUT2D eigenvalue weighted by atomic mass is 35.5. The predicted octanol–water partition coefficient (Wildman–Crippen LogP) is 2.26. The Hall–Kier alpha value is -1.37. The quantitative estimate of drug-likeness (QED) is 0.869. The number of hydrogen-bond acceptors (Lipinski definition) is 6. The lowest BCUT2D eigenvalue weighted by Crippen LogP contribution is -2.00. The molecule has 2 rings (SSSR count). The van der Waals surface area contributed by atoms with E-state index in [9.17, 15) is 9.90 Å². The average molecular weight is 274 g/mol. The molecule has 0 spiro atoms. The highest BCUT2D eigenvalue weighted by Crippen LogP contribution is 2.29. The SMILES string of the molecule is COC(=O)c1ccc(C(O)c2ncc(Cl)s2)o1. The number of hydrogen-bond donors (Lipinski definition) is 1. The van der Waals surface area contributed by atoms with Gasteiger partial charge in [-0.05, 0) is 12.1 Å². The van der Waals surface area contributed by atoms with E-state index in [1.807, 2.05) is 0 Å². The predicted molar refractivity (Wildman–Crippen MR) is 61.2 cm³/mol. The number of thiazole rings is 1. The maximum absolute atomic E-state index is 11.2. The van der Waals surface area contributed by atoms with Crippen LogP contribution in [0.5, 0.6) is 0 Å². The molecule has 17 heavy (non-hydrogen) atoms. The van der Waals surface area contributed by atoms with Crippen LogP contribution in [-0.4, -0.2) is 23.2 Å². The molecule has 0 saturated heterocycles. The molecule has 5 nitrogen and oxygen atoms in total. The highest BCUT2D eigenvalue weighted by molar-refractivity contribution is 7.15. The van der Waals surface area contributed by atoms with E-state index in [-0.39, 0.29) is 11.5 Å². The number of aliphatic hydroxyl groups is 1. The standard InChI is InChI=1S/C10H8ClNO4S/c1-15-10(14)6-3-2-5(16-6)8(13)9-12-4-7(11)17-9/h2-4,8,13H,1H3. The number of methoxy groups -OCH3 is 1. The average Bonchev–Trinajstić information content (AvgIpc) is 2.95. The molecule has 1 atom stereocenters. The van der Waals surface area contributed by atoms with Crippen molar-refractivity contribution in [1.82, 2.24) is 4.98 Å². The molecule has 1 N–H and O–H groups in total. The zero-order valence-electron chi connectivity index (χ0n) is 8.71. The van der Waals surface area contributed by atoms with Crippen LogP contribution in [0.25, 0.3) is 0 Å². The smallest absolute Gasteiger partial charge is 0.373 e. The van der Waals surface area contributed by atoms with Crippen LogP contribution in [-0.2, 0) is 4.74 Å². The van der Waals surface area contributed by atoms with E-state index in [2.05, 4.69) is 9.72 Å². The fourth-order valence-corrected chi connectivity index (χ4v) is 2.15.